The van der Waals surface area contributed by atoms with Crippen LogP contribution in [0.3, 0.4) is 0 Å². The minimum absolute atomic E-state index is 0.0371. The quantitative estimate of drug-likeness (QED) is 0.204. The minimum atomic E-state index is -0.884. The van der Waals surface area contributed by atoms with E-state index in [9.17, 15) is 9.90 Å². The molecule has 3 aromatic carbocycles. The number of anilines is 2. The van der Waals surface area contributed by atoms with Crippen LogP contribution in [0.5, 0.6) is 0 Å². The molecule has 1 aliphatic rings. The van der Waals surface area contributed by atoms with E-state index in [1.807, 2.05) is 53.7 Å². The summed E-state index contributed by atoms with van der Waals surface area (Å²) in [5, 5.41) is 27.2. The molecule has 0 aromatic heterocycles. The average molecular weight is 505 g/mol. The molecule has 1 saturated heterocycles. The van der Waals surface area contributed by atoms with E-state index in [1.165, 1.54) is 11.9 Å². The number of nitrogens with one attached hydrogen (secondary N) is 2. The van der Waals surface area contributed by atoms with E-state index in [-0.39, 0.29) is 12.4 Å². The summed E-state index contributed by atoms with van der Waals surface area (Å²) in [6.45, 7) is 5.25. The Morgan fingerprint density at radius 2 is 1.75 bits per heavy atom. The molecular weight excluding hydrogens is 472 g/mol. The van der Waals surface area contributed by atoms with E-state index in [0.29, 0.717) is 17.2 Å². The summed E-state index contributed by atoms with van der Waals surface area (Å²) in [5.41, 5.74) is 9.35. The summed E-state index contributed by atoms with van der Waals surface area (Å²) in [7, 11) is 0. The van der Waals surface area contributed by atoms with Gasteiger partial charge in [0, 0.05) is 48.9 Å². The lowest BCUT2D eigenvalue weighted by atomic mass is 10.0. The topological polar surface area (TPSA) is 121 Å². The third-order valence-electron chi connectivity index (χ3n) is 6.35. The first-order valence-corrected chi connectivity index (χ1v) is 12.9. The van der Waals surface area contributed by atoms with E-state index >= 15 is 0 Å². The number of hydrogen-bond donors (Lipinski definition) is 4. The molecular formula is C27H32N6O2S. The van der Waals surface area contributed by atoms with Crippen LogP contribution in [0, 0.1) is 10.8 Å². The van der Waals surface area contributed by atoms with Crippen molar-refractivity contribution in [3.05, 3.63) is 71.8 Å². The molecule has 5 N–H and O–H groups in total. The summed E-state index contributed by atoms with van der Waals surface area (Å²) in [4.78, 5) is 16.0. The lowest BCUT2D eigenvalue weighted by Crippen LogP contribution is -2.33. The third kappa shape index (κ3) is 6.28. The smallest absolute Gasteiger partial charge is 0.324 e. The van der Waals surface area contributed by atoms with Crippen molar-refractivity contribution in [3.63, 3.8) is 0 Å². The van der Waals surface area contributed by atoms with Crippen LogP contribution in [0.4, 0.5) is 11.4 Å². The fourth-order valence-electron chi connectivity index (χ4n) is 4.38. The van der Waals surface area contributed by atoms with Crippen molar-refractivity contribution >= 4 is 51.7 Å². The Kier molecular flexibility index (Phi) is 8.00. The van der Waals surface area contributed by atoms with E-state index in [4.69, 9.17) is 16.6 Å². The van der Waals surface area contributed by atoms with Gasteiger partial charge in [0.15, 0.2) is 0 Å². The fraction of sp³-hybridized carbons (Fsp3) is 0.296. The van der Waals surface area contributed by atoms with Crippen LogP contribution in [0.25, 0.3) is 10.8 Å². The first-order chi connectivity index (χ1) is 17.3. The average Bonchev–Trinajstić information content (AvgIpc) is 3.12. The van der Waals surface area contributed by atoms with Crippen LogP contribution >= 0.6 is 11.9 Å². The Morgan fingerprint density at radius 1 is 1.00 bits per heavy atom. The summed E-state index contributed by atoms with van der Waals surface area (Å²) in [6, 6.07) is 19.9. The van der Waals surface area contributed by atoms with Gasteiger partial charge in [-0.1, -0.05) is 30.3 Å². The molecule has 8 nitrogen and oxygen atoms in total. The van der Waals surface area contributed by atoms with Gasteiger partial charge < -0.3 is 24.9 Å². The number of rotatable bonds is 8. The highest BCUT2D eigenvalue weighted by atomic mass is 32.2. The van der Waals surface area contributed by atoms with Crippen LogP contribution < -0.4 is 14.9 Å². The van der Waals surface area contributed by atoms with Gasteiger partial charge in [-0.05, 0) is 72.0 Å². The molecule has 1 aliphatic heterocycles. The van der Waals surface area contributed by atoms with Crippen LogP contribution in [-0.4, -0.2) is 60.4 Å². The number of aliphatic carboxylic acids is 1. The second-order valence-corrected chi connectivity index (χ2v) is 9.93. The van der Waals surface area contributed by atoms with Gasteiger partial charge in [0.05, 0.1) is 5.84 Å². The number of benzene rings is 3. The lowest BCUT2D eigenvalue weighted by molar-refractivity contribution is -0.135. The molecule has 0 amide bonds. The minimum Gasteiger partial charge on any atom is -0.480 e. The zero-order chi connectivity index (χ0) is 25.7. The van der Waals surface area contributed by atoms with Crippen molar-refractivity contribution < 1.29 is 9.90 Å². The summed E-state index contributed by atoms with van der Waals surface area (Å²) < 4.78 is 1.81. The maximum atomic E-state index is 11.6. The number of fused-ring (bicyclic) bond motifs is 1. The largest absolute Gasteiger partial charge is 0.480 e. The maximum Gasteiger partial charge on any atom is 0.324 e. The Labute approximate surface area is 215 Å². The van der Waals surface area contributed by atoms with E-state index in [0.717, 1.165) is 60.3 Å². The molecule has 3 aromatic rings. The Morgan fingerprint density at radius 3 is 2.44 bits per heavy atom. The second kappa shape index (κ2) is 11.3. The Bertz CT molecular complexity index is 1260. The molecule has 0 spiro atoms. The number of nitrogen functional groups attached to an aromatic ring is 1. The second-order valence-electron chi connectivity index (χ2n) is 8.94. The normalized spacial score (nSPS) is 13.9. The van der Waals surface area contributed by atoms with Gasteiger partial charge in [0.25, 0.3) is 0 Å². The third-order valence-corrected chi connectivity index (χ3v) is 7.47. The van der Waals surface area contributed by atoms with Crippen molar-refractivity contribution in [2.75, 3.05) is 41.9 Å². The maximum absolute atomic E-state index is 11.6. The molecule has 0 radical (unpaired) electrons. The number of hydrogen-bond acceptors (Lipinski definition) is 6. The molecule has 0 saturated carbocycles. The van der Waals surface area contributed by atoms with Crippen molar-refractivity contribution in [3.8, 4) is 0 Å². The fourth-order valence-corrected chi connectivity index (χ4v) is 5.34. The lowest BCUT2D eigenvalue weighted by Gasteiger charge is -2.26. The van der Waals surface area contributed by atoms with Crippen LogP contribution in [0.1, 0.15) is 24.5 Å². The SMILES string of the molecule is CC(=N)N1CCCN(c2ccc(N(CC(=O)O)SCc3ccc4ccc(C(=N)N)cc4c3)cc2)CC1. The Balaban J connectivity index is 1.46. The van der Waals surface area contributed by atoms with Crippen molar-refractivity contribution in [1.82, 2.24) is 4.90 Å². The van der Waals surface area contributed by atoms with E-state index < -0.39 is 5.97 Å². The van der Waals surface area contributed by atoms with Gasteiger partial charge in [-0.3, -0.25) is 15.6 Å². The monoisotopic (exact) mass is 504 g/mol. The number of carboxylic acids is 1. The molecule has 188 valence electrons. The van der Waals surface area contributed by atoms with Gasteiger partial charge >= 0.3 is 5.97 Å². The Hall–Kier alpha value is -3.72. The van der Waals surface area contributed by atoms with Gasteiger partial charge in [0.2, 0.25) is 0 Å². The molecule has 9 heteroatoms. The summed E-state index contributed by atoms with van der Waals surface area (Å²) in [6.07, 6.45) is 0.999. The molecule has 4 rings (SSSR count). The zero-order valence-electron chi connectivity index (χ0n) is 20.4. The number of nitrogens with zero attached hydrogens (tertiary/aromatic N) is 3. The van der Waals surface area contributed by atoms with Gasteiger partial charge in [0.1, 0.15) is 12.4 Å². The molecule has 36 heavy (non-hydrogen) atoms. The molecule has 0 unspecified atom stereocenters. The highest BCUT2D eigenvalue weighted by molar-refractivity contribution is 7.99. The van der Waals surface area contributed by atoms with Crippen LogP contribution in [-0.2, 0) is 10.5 Å². The van der Waals surface area contributed by atoms with Crippen LogP contribution in [0.15, 0.2) is 60.7 Å². The molecule has 0 atom stereocenters. The first-order valence-electron chi connectivity index (χ1n) is 11.9. The standard InChI is InChI=1S/C27H32N6O2S/c1-19(28)31-11-2-12-32(14-13-31)24-7-9-25(10-8-24)33(17-26(34)35)36-18-20-3-4-21-5-6-22(27(29)30)16-23(21)15-20/h3-10,15-16,28H,2,11-14,17-18H2,1H3,(H3,29,30)(H,34,35). The van der Waals surface area contributed by atoms with E-state index in [1.54, 1.807) is 0 Å². The number of carboxylic acid groups (broad SMARTS) is 1. The zero-order valence-corrected chi connectivity index (χ0v) is 21.2. The summed E-state index contributed by atoms with van der Waals surface area (Å²) in [5.74, 6) is 0.375. The van der Waals surface area contributed by atoms with Crippen molar-refractivity contribution in [1.29, 1.82) is 10.8 Å². The number of nitrogens with two attached hydrogens (primary N) is 1. The predicted octanol–water partition coefficient (Wildman–Crippen LogP) is 4.37. The molecule has 1 fully saturated rings. The van der Waals surface area contributed by atoms with Gasteiger partial charge in [-0.2, -0.15) is 0 Å². The van der Waals surface area contributed by atoms with E-state index in [2.05, 4.69) is 28.0 Å². The summed E-state index contributed by atoms with van der Waals surface area (Å²) >= 11 is 1.47. The van der Waals surface area contributed by atoms with Crippen LogP contribution in [0.2, 0.25) is 0 Å². The highest BCUT2D eigenvalue weighted by Crippen LogP contribution is 2.29. The highest BCUT2D eigenvalue weighted by Gasteiger charge is 2.17. The predicted molar refractivity (Wildman–Crippen MR) is 149 cm³/mol. The molecule has 0 bridgehead atoms. The van der Waals surface area contributed by atoms with Gasteiger partial charge in [-0.25, -0.2) is 0 Å². The number of carbonyl (C=O) groups is 1. The van der Waals surface area contributed by atoms with Crippen molar-refractivity contribution in [2.45, 2.75) is 19.1 Å². The first kappa shape index (κ1) is 25.4. The number of amidine groups is 2. The molecule has 0 aliphatic carbocycles. The van der Waals surface area contributed by atoms with Crippen molar-refractivity contribution in [2.24, 2.45) is 5.73 Å². The van der Waals surface area contributed by atoms with Gasteiger partial charge in [-0.15, -0.1) is 0 Å². The molecule has 1 heterocycles.